The first kappa shape index (κ1) is 28.6. The number of halogens is 1. The molecule has 0 spiro atoms. The van der Waals surface area contributed by atoms with Crippen molar-refractivity contribution in [3.8, 4) is 11.3 Å². The predicted octanol–water partition coefficient (Wildman–Crippen LogP) is 5.98. The fraction of sp³-hybridized carbons (Fsp3) is 0.185. The van der Waals surface area contributed by atoms with E-state index in [2.05, 4.69) is 5.32 Å². The van der Waals surface area contributed by atoms with Crippen molar-refractivity contribution in [1.29, 1.82) is 0 Å². The molecule has 1 aliphatic rings. The van der Waals surface area contributed by atoms with Crippen LogP contribution in [0.5, 0.6) is 0 Å². The zero-order valence-corrected chi connectivity index (χ0v) is 23.1. The van der Waals surface area contributed by atoms with Gasteiger partial charge in [-0.2, -0.15) is 0 Å². The Kier molecular flexibility index (Phi) is 8.40. The molecule has 1 aliphatic heterocycles. The zero-order chi connectivity index (χ0) is 29.1. The smallest absolute Gasteiger partial charge is 0.339 e. The highest BCUT2D eigenvalue weighted by Crippen LogP contribution is 2.36. The van der Waals surface area contributed by atoms with E-state index in [0.29, 0.717) is 11.8 Å². The van der Waals surface area contributed by atoms with E-state index in [1.165, 1.54) is 42.5 Å². The second-order valence-electron chi connectivity index (χ2n) is 8.64. The molecular formula is C27H22ClN3O8S. The second-order valence-corrected chi connectivity index (χ2v) is 10.0. The Balaban J connectivity index is 1.48. The molecule has 3 aromatic rings. The van der Waals surface area contributed by atoms with Crippen LogP contribution in [0, 0.1) is 24.0 Å². The molecule has 0 radical (unpaired) electrons. The number of anilines is 1. The zero-order valence-electron chi connectivity index (χ0n) is 21.5. The average molecular weight is 584 g/mol. The Morgan fingerprint density at radius 1 is 1.15 bits per heavy atom. The van der Waals surface area contributed by atoms with E-state index in [1.807, 2.05) is 6.92 Å². The van der Waals surface area contributed by atoms with Crippen molar-refractivity contribution < 1.29 is 33.3 Å². The Morgan fingerprint density at radius 2 is 1.88 bits per heavy atom. The van der Waals surface area contributed by atoms with Crippen molar-refractivity contribution in [1.82, 2.24) is 4.90 Å². The van der Waals surface area contributed by atoms with E-state index in [9.17, 15) is 29.3 Å². The number of amides is 3. The highest BCUT2D eigenvalue weighted by molar-refractivity contribution is 8.18. The lowest BCUT2D eigenvalue weighted by atomic mass is 10.0. The van der Waals surface area contributed by atoms with Crippen LogP contribution in [0.2, 0.25) is 5.02 Å². The van der Waals surface area contributed by atoms with Crippen LogP contribution in [-0.2, 0) is 14.3 Å². The van der Waals surface area contributed by atoms with Gasteiger partial charge in [-0.15, -0.1) is 0 Å². The summed E-state index contributed by atoms with van der Waals surface area (Å²) >= 11 is 6.66. The normalized spacial score (nSPS) is 14.1. The molecular weight excluding hydrogens is 562 g/mol. The summed E-state index contributed by atoms with van der Waals surface area (Å²) < 4.78 is 10.7. The highest BCUT2D eigenvalue weighted by atomic mass is 35.5. The molecule has 206 valence electrons. The first-order chi connectivity index (χ1) is 19.0. The SMILES string of the molecule is CCOC(=O)c1cc(NC(=O)CN2C(=O)S/C(=C\c3ccc(-c4cc(C)c(C)cc4[N+](=O)[O-])o3)C2=O)ccc1Cl. The molecule has 0 unspecified atom stereocenters. The van der Waals surface area contributed by atoms with E-state index in [-0.39, 0.29) is 50.6 Å². The number of aryl methyl sites for hydroxylation is 2. The second kappa shape index (κ2) is 11.8. The maximum Gasteiger partial charge on any atom is 0.339 e. The third-order valence-electron chi connectivity index (χ3n) is 5.90. The van der Waals surface area contributed by atoms with Gasteiger partial charge in [-0.25, -0.2) is 4.79 Å². The number of nitro groups is 1. The number of hydrogen-bond donors (Lipinski definition) is 1. The van der Waals surface area contributed by atoms with Gasteiger partial charge >= 0.3 is 5.97 Å². The number of esters is 1. The lowest BCUT2D eigenvalue weighted by Crippen LogP contribution is -2.36. The molecule has 1 N–H and O–H groups in total. The maximum atomic E-state index is 12.9. The van der Waals surface area contributed by atoms with E-state index in [0.717, 1.165) is 16.0 Å². The Morgan fingerprint density at radius 3 is 2.58 bits per heavy atom. The summed E-state index contributed by atoms with van der Waals surface area (Å²) in [6.45, 7) is 4.81. The Labute approximate surface area is 237 Å². The van der Waals surface area contributed by atoms with Crippen LogP contribution in [0.15, 0.2) is 51.8 Å². The number of thioether (sulfide) groups is 1. The number of carbonyl (C=O) groups is 4. The standard InChI is InChI=1S/C27H22ClN3O8S/c1-4-38-26(34)18-11-16(5-7-20(18)28)29-24(32)13-30-25(33)23(40-27(30)35)12-17-6-8-22(39-17)19-9-14(2)15(3)10-21(19)31(36)37/h5-12H,4,13H2,1-3H3,(H,29,32)/b23-12-. The van der Waals surface area contributed by atoms with Crippen LogP contribution in [0.25, 0.3) is 17.4 Å². The molecule has 0 saturated carbocycles. The Bertz CT molecular complexity index is 1600. The van der Waals surface area contributed by atoms with Crippen molar-refractivity contribution in [3.63, 3.8) is 0 Å². The van der Waals surface area contributed by atoms with Gasteiger partial charge in [0, 0.05) is 17.8 Å². The van der Waals surface area contributed by atoms with E-state index in [4.69, 9.17) is 20.8 Å². The lowest BCUT2D eigenvalue weighted by Gasteiger charge is -2.13. The number of nitrogens with zero attached hydrogens (tertiary/aromatic N) is 2. The van der Waals surface area contributed by atoms with Crippen LogP contribution in [0.3, 0.4) is 0 Å². The monoisotopic (exact) mass is 583 g/mol. The van der Waals surface area contributed by atoms with Gasteiger partial charge < -0.3 is 14.5 Å². The summed E-state index contributed by atoms with van der Waals surface area (Å²) in [6, 6.07) is 10.4. The predicted molar refractivity (Wildman–Crippen MR) is 149 cm³/mol. The van der Waals surface area contributed by atoms with Crippen LogP contribution < -0.4 is 5.32 Å². The third kappa shape index (κ3) is 6.08. The summed E-state index contributed by atoms with van der Waals surface area (Å²) in [7, 11) is 0. The number of rotatable bonds is 8. The van der Waals surface area contributed by atoms with E-state index < -0.39 is 34.5 Å². The molecule has 13 heteroatoms. The number of furan rings is 1. The molecule has 2 heterocycles. The summed E-state index contributed by atoms with van der Waals surface area (Å²) in [5, 5.41) is 13.6. The topological polar surface area (TPSA) is 149 Å². The molecule has 0 bridgehead atoms. The summed E-state index contributed by atoms with van der Waals surface area (Å²) in [5.74, 6) is -1.62. The number of imide groups is 1. The molecule has 1 saturated heterocycles. The van der Waals surface area contributed by atoms with Crippen molar-refractivity contribution in [2.24, 2.45) is 0 Å². The minimum atomic E-state index is -0.705. The number of hydrogen-bond acceptors (Lipinski definition) is 9. The summed E-state index contributed by atoms with van der Waals surface area (Å²) in [5.41, 5.74) is 2.04. The van der Waals surface area contributed by atoms with E-state index >= 15 is 0 Å². The van der Waals surface area contributed by atoms with Crippen LogP contribution in [-0.4, -0.2) is 46.0 Å². The van der Waals surface area contributed by atoms with Gasteiger partial charge in [0.1, 0.15) is 18.1 Å². The summed E-state index contributed by atoms with van der Waals surface area (Å²) in [6.07, 6.45) is 1.34. The maximum absolute atomic E-state index is 12.9. The van der Waals surface area contributed by atoms with Crippen molar-refractivity contribution in [2.75, 3.05) is 18.5 Å². The third-order valence-corrected chi connectivity index (χ3v) is 7.13. The largest absolute Gasteiger partial charge is 0.462 e. The van der Waals surface area contributed by atoms with Gasteiger partial charge in [0.25, 0.3) is 16.8 Å². The van der Waals surface area contributed by atoms with Crippen LogP contribution in [0.4, 0.5) is 16.2 Å². The highest BCUT2D eigenvalue weighted by Gasteiger charge is 2.36. The molecule has 11 nitrogen and oxygen atoms in total. The van der Waals surface area contributed by atoms with Crippen molar-refractivity contribution in [2.45, 2.75) is 20.8 Å². The fourth-order valence-corrected chi connectivity index (χ4v) is 4.82. The number of benzene rings is 2. The molecule has 1 fully saturated rings. The lowest BCUT2D eigenvalue weighted by molar-refractivity contribution is -0.384. The van der Waals surface area contributed by atoms with E-state index in [1.54, 1.807) is 19.9 Å². The molecule has 3 amide bonds. The quantitative estimate of drug-likeness (QED) is 0.146. The molecule has 0 atom stereocenters. The molecule has 4 rings (SSSR count). The van der Waals surface area contributed by atoms with Crippen LogP contribution in [0.1, 0.15) is 34.2 Å². The molecule has 40 heavy (non-hydrogen) atoms. The molecule has 0 aliphatic carbocycles. The number of ether oxygens (including phenoxy) is 1. The molecule has 2 aromatic carbocycles. The van der Waals surface area contributed by atoms with Crippen molar-refractivity contribution in [3.05, 3.63) is 85.0 Å². The van der Waals surface area contributed by atoms with Crippen molar-refractivity contribution >= 4 is 63.8 Å². The number of nitro benzene ring substituents is 1. The Hall–Kier alpha value is -4.42. The van der Waals surface area contributed by atoms with Gasteiger partial charge in [0.15, 0.2) is 0 Å². The van der Waals surface area contributed by atoms with Gasteiger partial charge in [-0.05, 0) is 80.1 Å². The minimum Gasteiger partial charge on any atom is -0.462 e. The fourth-order valence-electron chi connectivity index (χ4n) is 3.80. The number of nitrogens with one attached hydrogen (secondary N) is 1. The van der Waals surface area contributed by atoms with Gasteiger partial charge in [0.2, 0.25) is 5.91 Å². The molecule has 1 aromatic heterocycles. The first-order valence-corrected chi connectivity index (χ1v) is 13.1. The van der Waals surface area contributed by atoms with Gasteiger partial charge in [-0.3, -0.25) is 29.4 Å². The average Bonchev–Trinajstić information content (AvgIpc) is 3.46. The van der Waals surface area contributed by atoms with Crippen LogP contribution >= 0.6 is 23.4 Å². The first-order valence-electron chi connectivity index (χ1n) is 11.9. The number of carbonyl (C=O) groups excluding carboxylic acids is 4. The minimum absolute atomic E-state index is 0.0179. The van der Waals surface area contributed by atoms with Gasteiger partial charge in [0.05, 0.1) is 32.6 Å². The van der Waals surface area contributed by atoms with Gasteiger partial charge in [-0.1, -0.05) is 11.6 Å². The summed E-state index contributed by atoms with van der Waals surface area (Å²) in [4.78, 5) is 61.9.